The number of aromatic hydroxyl groups is 1. The number of carbonyl (C=O) groups excluding carboxylic acids is 1. The minimum atomic E-state index is -0.691. The lowest BCUT2D eigenvalue weighted by Crippen LogP contribution is -2.07. The zero-order valence-electron chi connectivity index (χ0n) is 13.7. The van der Waals surface area contributed by atoms with Gasteiger partial charge in [0.2, 0.25) is 5.88 Å². The number of fused-ring (bicyclic) bond motifs is 1. The first-order valence-electron chi connectivity index (χ1n) is 7.55. The molecular weight excluding hydrogens is 340 g/mol. The number of azo groups is 1. The number of aryl methyl sites for hydroxylation is 1. The molecule has 26 heavy (non-hydrogen) atoms. The van der Waals surface area contributed by atoms with Crippen molar-refractivity contribution in [2.24, 2.45) is 17.3 Å². The zero-order chi connectivity index (χ0) is 18.7. The molecule has 9 nitrogen and oxygen atoms in total. The fraction of sp³-hybridized carbons (Fsp3) is 0.118. The first-order chi connectivity index (χ1) is 12.5. The Morgan fingerprint density at radius 2 is 2.04 bits per heavy atom. The highest BCUT2D eigenvalue weighted by Crippen LogP contribution is 2.37. The predicted octanol–water partition coefficient (Wildman–Crippen LogP) is 3.48. The van der Waals surface area contributed by atoms with Gasteiger partial charge < -0.3 is 14.4 Å². The largest absolute Gasteiger partial charge is 0.493 e. The Labute approximate surface area is 147 Å². The molecule has 0 atom stereocenters. The van der Waals surface area contributed by atoms with E-state index >= 15 is 0 Å². The number of hydrogen-bond donors (Lipinski definition) is 1. The first kappa shape index (κ1) is 17.1. The fourth-order valence-corrected chi connectivity index (χ4v) is 2.42. The molecular formula is C17H14N4O5. The predicted molar refractivity (Wildman–Crippen MR) is 92.7 cm³/mol. The standard InChI is InChI=1S/C17H14N4O5/c1-20-14-8-3-2-7-13(14)16(17(20)23)19-18-15(22)10-26-12-6-4-5-11(9-12)21(24)25/h2-9,23H,10H2,1H3. The van der Waals surface area contributed by atoms with E-state index in [1.165, 1.54) is 28.8 Å². The molecule has 2 aromatic carbocycles. The third kappa shape index (κ3) is 3.36. The third-order valence-corrected chi connectivity index (χ3v) is 3.70. The lowest BCUT2D eigenvalue weighted by atomic mass is 10.2. The van der Waals surface area contributed by atoms with Crippen molar-refractivity contribution >= 4 is 28.2 Å². The average molecular weight is 354 g/mol. The highest BCUT2D eigenvalue weighted by atomic mass is 16.6. The highest BCUT2D eigenvalue weighted by molar-refractivity contribution is 5.95. The summed E-state index contributed by atoms with van der Waals surface area (Å²) in [5.74, 6) is -0.623. The van der Waals surface area contributed by atoms with Crippen molar-refractivity contribution in [3.8, 4) is 11.6 Å². The quantitative estimate of drug-likeness (QED) is 0.427. The molecule has 0 bridgehead atoms. The van der Waals surface area contributed by atoms with Crippen LogP contribution in [0.2, 0.25) is 0 Å². The van der Waals surface area contributed by atoms with Crippen molar-refractivity contribution in [3.05, 3.63) is 58.6 Å². The molecule has 1 heterocycles. The maximum atomic E-state index is 11.9. The van der Waals surface area contributed by atoms with Gasteiger partial charge >= 0.3 is 5.91 Å². The summed E-state index contributed by atoms with van der Waals surface area (Å²) in [6.07, 6.45) is 0. The Kier molecular flexibility index (Phi) is 4.61. The van der Waals surface area contributed by atoms with Gasteiger partial charge in [0.15, 0.2) is 12.3 Å². The molecule has 0 aliphatic carbocycles. The lowest BCUT2D eigenvalue weighted by Gasteiger charge is -2.02. The van der Waals surface area contributed by atoms with Gasteiger partial charge in [-0.2, -0.15) is 0 Å². The Balaban J connectivity index is 1.72. The van der Waals surface area contributed by atoms with E-state index in [1.54, 1.807) is 25.2 Å². The molecule has 132 valence electrons. The van der Waals surface area contributed by atoms with Crippen LogP contribution in [0.5, 0.6) is 11.6 Å². The molecule has 0 aliphatic heterocycles. The number of nitro benzene ring substituents is 1. The third-order valence-electron chi connectivity index (χ3n) is 3.70. The SMILES string of the molecule is Cn1c(O)c(N=NC(=O)COc2cccc([N+](=O)[O-])c2)c2ccccc21. The van der Waals surface area contributed by atoms with Crippen molar-refractivity contribution in [1.82, 2.24) is 4.57 Å². The maximum Gasteiger partial charge on any atom is 0.302 e. The molecule has 1 aromatic heterocycles. The van der Waals surface area contributed by atoms with Crippen LogP contribution in [0.15, 0.2) is 58.8 Å². The molecule has 0 aliphatic rings. The van der Waals surface area contributed by atoms with E-state index < -0.39 is 17.4 Å². The summed E-state index contributed by atoms with van der Waals surface area (Å²) in [6, 6.07) is 12.6. The molecule has 0 saturated carbocycles. The van der Waals surface area contributed by atoms with Crippen LogP contribution in [0, 0.1) is 10.1 Å². The number of nitrogens with zero attached hydrogens (tertiary/aromatic N) is 4. The minimum Gasteiger partial charge on any atom is -0.493 e. The summed E-state index contributed by atoms with van der Waals surface area (Å²) < 4.78 is 6.73. The zero-order valence-corrected chi connectivity index (χ0v) is 13.7. The highest BCUT2D eigenvalue weighted by Gasteiger charge is 2.14. The summed E-state index contributed by atoms with van der Waals surface area (Å²) >= 11 is 0. The normalized spacial score (nSPS) is 11.1. The summed E-state index contributed by atoms with van der Waals surface area (Å²) in [5, 5.41) is 28.9. The van der Waals surface area contributed by atoms with Crippen molar-refractivity contribution in [1.29, 1.82) is 0 Å². The Morgan fingerprint density at radius 1 is 1.27 bits per heavy atom. The molecule has 0 spiro atoms. The number of nitro groups is 1. The number of para-hydroxylation sites is 1. The van der Waals surface area contributed by atoms with Crippen LogP contribution in [0.25, 0.3) is 10.9 Å². The molecule has 3 aromatic rings. The average Bonchev–Trinajstić information content (AvgIpc) is 2.89. The molecule has 3 rings (SSSR count). The smallest absolute Gasteiger partial charge is 0.302 e. The summed E-state index contributed by atoms with van der Waals surface area (Å²) in [5.41, 5.74) is 0.795. The first-order valence-corrected chi connectivity index (χ1v) is 7.55. The van der Waals surface area contributed by atoms with Crippen LogP contribution in [0.3, 0.4) is 0 Å². The van der Waals surface area contributed by atoms with Crippen molar-refractivity contribution in [2.75, 3.05) is 6.61 Å². The van der Waals surface area contributed by atoms with Gasteiger partial charge in [0, 0.05) is 18.5 Å². The minimum absolute atomic E-state index is 0.109. The number of carbonyl (C=O) groups is 1. The van der Waals surface area contributed by atoms with Crippen LogP contribution < -0.4 is 4.74 Å². The van der Waals surface area contributed by atoms with E-state index in [0.717, 1.165) is 5.52 Å². The number of non-ortho nitro benzene ring substituents is 1. The second kappa shape index (κ2) is 7.01. The Hall–Kier alpha value is -3.75. The number of benzene rings is 2. The number of ether oxygens (including phenoxy) is 1. The maximum absolute atomic E-state index is 11.9. The second-order valence-corrected chi connectivity index (χ2v) is 5.39. The summed E-state index contributed by atoms with van der Waals surface area (Å²) in [4.78, 5) is 22.0. The second-order valence-electron chi connectivity index (χ2n) is 5.39. The Morgan fingerprint density at radius 3 is 2.81 bits per heavy atom. The van der Waals surface area contributed by atoms with Crippen LogP contribution in [-0.4, -0.2) is 27.1 Å². The van der Waals surface area contributed by atoms with E-state index in [2.05, 4.69) is 10.2 Å². The van der Waals surface area contributed by atoms with E-state index in [4.69, 9.17) is 4.74 Å². The number of rotatable bonds is 5. The topological polar surface area (TPSA) is 119 Å². The van der Waals surface area contributed by atoms with E-state index in [0.29, 0.717) is 5.39 Å². The van der Waals surface area contributed by atoms with E-state index in [9.17, 15) is 20.0 Å². The molecule has 0 fully saturated rings. The van der Waals surface area contributed by atoms with Gasteiger partial charge in [-0.05, 0) is 12.1 Å². The number of hydrogen-bond acceptors (Lipinski definition) is 6. The molecule has 0 radical (unpaired) electrons. The van der Waals surface area contributed by atoms with E-state index in [-0.39, 0.29) is 23.0 Å². The van der Waals surface area contributed by atoms with Gasteiger partial charge in [-0.25, -0.2) is 0 Å². The Bertz CT molecular complexity index is 1030. The summed E-state index contributed by atoms with van der Waals surface area (Å²) in [7, 11) is 1.67. The van der Waals surface area contributed by atoms with Crippen molar-refractivity contribution < 1.29 is 19.6 Å². The molecule has 1 N–H and O–H groups in total. The number of aromatic nitrogens is 1. The van der Waals surface area contributed by atoms with Crippen LogP contribution in [-0.2, 0) is 11.8 Å². The van der Waals surface area contributed by atoms with Crippen molar-refractivity contribution in [3.63, 3.8) is 0 Å². The van der Waals surface area contributed by atoms with Gasteiger partial charge in [0.1, 0.15) is 5.75 Å². The van der Waals surface area contributed by atoms with Crippen LogP contribution in [0.1, 0.15) is 0 Å². The fourth-order valence-electron chi connectivity index (χ4n) is 2.42. The van der Waals surface area contributed by atoms with Gasteiger partial charge in [0.25, 0.3) is 5.69 Å². The molecule has 0 unspecified atom stereocenters. The lowest BCUT2D eigenvalue weighted by molar-refractivity contribution is -0.384. The van der Waals surface area contributed by atoms with Crippen LogP contribution >= 0.6 is 0 Å². The monoisotopic (exact) mass is 354 g/mol. The molecule has 0 saturated heterocycles. The van der Waals surface area contributed by atoms with E-state index in [1.807, 2.05) is 6.07 Å². The van der Waals surface area contributed by atoms with Gasteiger partial charge in [-0.1, -0.05) is 24.3 Å². The molecule has 1 amide bonds. The van der Waals surface area contributed by atoms with Gasteiger partial charge in [0.05, 0.1) is 16.5 Å². The van der Waals surface area contributed by atoms with Crippen LogP contribution in [0.4, 0.5) is 11.4 Å². The number of amides is 1. The summed E-state index contributed by atoms with van der Waals surface area (Å²) in [6.45, 7) is -0.434. The molecule has 9 heteroatoms. The van der Waals surface area contributed by atoms with Gasteiger partial charge in [-0.15, -0.1) is 10.2 Å². The van der Waals surface area contributed by atoms with Crippen molar-refractivity contribution in [2.45, 2.75) is 0 Å². The van der Waals surface area contributed by atoms with Gasteiger partial charge in [-0.3, -0.25) is 14.9 Å².